The van der Waals surface area contributed by atoms with E-state index in [2.05, 4.69) is 15.6 Å². The molecule has 0 spiro atoms. The molecule has 0 aliphatic rings. The molecular formula is C12H17N3O2. The molecule has 1 aromatic rings. The van der Waals surface area contributed by atoms with Gasteiger partial charge in [-0.15, -0.1) is 0 Å². The smallest absolute Gasteiger partial charge is 0.314 e. The Morgan fingerprint density at radius 2 is 2.12 bits per heavy atom. The topological polar surface area (TPSA) is 71.1 Å². The quantitative estimate of drug-likeness (QED) is 0.609. The SMILES string of the molecule is CCCCNC(=O)C(=O)Nc1cc(C)ccn1. The molecule has 17 heavy (non-hydrogen) atoms. The third-order valence-corrected chi connectivity index (χ3v) is 2.18. The Kier molecular flexibility index (Phi) is 5.13. The first kappa shape index (κ1) is 13.2. The number of nitrogens with zero attached hydrogens (tertiary/aromatic N) is 1. The molecular weight excluding hydrogens is 218 g/mol. The van der Waals surface area contributed by atoms with Gasteiger partial charge in [-0.05, 0) is 31.0 Å². The number of aromatic nitrogens is 1. The van der Waals surface area contributed by atoms with Crippen LogP contribution in [0.1, 0.15) is 25.3 Å². The minimum Gasteiger partial charge on any atom is -0.348 e. The summed E-state index contributed by atoms with van der Waals surface area (Å²) in [6.45, 7) is 4.42. The fraction of sp³-hybridized carbons (Fsp3) is 0.417. The molecule has 2 amide bonds. The second-order valence-electron chi connectivity index (χ2n) is 3.78. The minimum atomic E-state index is -0.681. The van der Waals surface area contributed by atoms with Gasteiger partial charge in [-0.1, -0.05) is 13.3 Å². The number of hydrogen-bond acceptors (Lipinski definition) is 3. The van der Waals surface area contributed by atoms with Crippen LogP contribution in [0.2, 0.25) is 0 Å². The molecule has 0 radical (unpaired) electrons. The molecule has 0 aliphatic heterocycles. The summed E-state index contributed by atoms with van der Waals surface area (Å²) in [5.74, 6) is -0.915. The number of aryl methyl sites for hydroxylation is 1. The number of nitrogens with one attached hydrogen (secondary N) is 2. The molecule has 0 unspecified atom stereocenters. The Morgan fingerprint density at radius 3 is 2.76 bits per heavy atom. The zero-order chi connectivity index (χ0) is 12.7. The molecule has 1 heterocycles. The first-order valence-corrected chi connectivity index (χ1v) is 5.65. The number of carbonyl (C=O) groups excluding carboxylic acids is 2. The second-order valence-corrected chi connectivity index (χ2v) is 3.78. The fourth-order valence-electron chi connectivity index (χ4n) is 1.24. The van der Waals surface area contributed by atoms with Gasteiger partial charge in [0.2, 0.25) is 0 Å². The molecule has 0 atom stereocenters. The highest BCUT2D eigenvalue weighted by atomic mass is 16.2. The van der Waals surface area contributed by atoms with Crippen LogP contribution in [0.3, 0.4) is 0 Å². The van der Waals surface area contributed by atoms with Gasteiger partial charge in [-0.2, -0.15) is 0 Å². The number of amides is 2. The van der Waals surface area contributed by atoms with E-state index in [1.807, 2.05) is 19.9 Å². The van der Waals surface area contributed by atoms with E-state index >= 15 is 0 Å². The maximum atomic E-state index is 11.5. The Hall–Kier alpha value is -1.91. The van der Waals surface area contributed by atoms with Crippen molar-refractivity contribution in [1.82, 2.24) is 10.3 Å². The highest BCUT2D eigenvalue weighted by Gasteiger charge is 2.13. The lowest BCUT2D eigenvalue weighted by atomic mass is 10.3. The molecule has 0 aromatic carbocycles. The van der Waals surface area contributed by atoms with Crippen LogP contribution in [0.5, 0.6) is 0 Å². The maximum Gasteiger partial charge on any atom is 0.314 e. The molecule has 0 saturated carbocycles. The van der Waals surface area contributed by atoms with Gasteiger partial charge in [-0.3, -0.25) is 9.59 Å². The summed E-state index contributed by atoms with van der Waals surface area (Å²) in [6, 6.07) is 3.52. The minimum absolute atomic E-state index is 0.389. The first-order valence-electron chi connectivity index (χ1n) is 5.65. The summed E-state index contributed by atoms with van der Waals surface area (Å²) in [6.07, 6.45) is 3.42. The van der Waals surface area contributed by atoms with Crippen molar-refractivity contribution in [2.75, 3.05) is 11.9 Å². The van der Waals surface area contributed by atoms with Crippen LogP contribution in [-0.4, -0.2) is 23.3 Å². The maximum absolute atomic E-state index is 11.5. The molecule has 0 fully saturated rings. The number of pyridine rings is 1. The van der Waals surface area contributed by atoms with Crippen molar-refractivity contribution in [3.8, 4) is 0 Å². The highest BCUT2D eigenvalue weighted by Crippen LogP contribution is 2.04. The predicted molar refractivity (Wildman–Crippen MR) is 65.5 cm³/mol. The number of hydrogen-bond donors (Lipinski definition) is 2. The molecule has 92 valence electrons. The zero-order valence-electron chi connectivity index (χ0n) is 10.1. The largest absolute Gasteiger partial charge is 0.348 e. The molecule has 1 rings (SSSR count). The van der Waals surface area contributed by atoms with Crippen LogP contribution in [0.15, 0.2) is 18.3 Å². The number of unbranched alkanes of at least 4 members (excludes halogenated alkanes) is 1. The molecule has 0 aliphatic carbocycles. The van der Waals surface area contributed by atoms with Crippen LogP contribution in [0.25, 0.3) is 0 Å². The lowest BCUT2D eigenvalue weighted by Crippen LogP contribution is -2.36. The Balaban J connectivity index is 2.46. The average Bonchev–Trinajstić information content (AvgIpc) is 2.29. The van der Waals surface area contributed by atoms with Gasteiger partial charge in [0.1, 0.15) is 5.82 Å². The number of rotatable bonds is 4. The van der Waals surface area contributed by atoms with Crippen molar-refractivity contribution in [2.45, 2.75) is 26.7 Å². The van der Waals surface area contributed by atoms with Crippen molar-refractivity contribution in [2.24, 2.45) is 0 Å². The van der Waals surface area contributed by atoms with E-state index in [0.29, 0.717) is 12.4 Å². The van der Waals surface area contributed by atoms with E-state index in [-0.39, 0.29) is 0 Å². The van der Waals surface area contributed by atoms with Gasteiger partial charge >= 0.3 is 11.8 Å². The van der Waals surface area contributed by atoms with Crippen LogP contribution >= 0.6 is 0 Å². The van der Waals surface area contributed by atoms with E-state index in [1.165, 1.54) is 0 Å². The van der Waals surface area contributed by atoms with Crippen LogP contribution < -0.4 is 10.6 Å². The monoisotopic (exact) mass is 235 g/mol. The highest BCUT2D eigenvalue weighted by molar-refractivity contribution is 6.39. The molecule has 2 N–H and O–H groups in total. The summed E-state index contributed by atoms with van der Waals surface area (Å²) in [5.41, 5.74) is 0.974. The Bertz CT molecular complexity index is 404. The van der Waals surface area contributed by atoms with Crippen molar-refractivity contribution < 1.29 is 9.59 Å². The zero-order valence-corrected chi connectivity index (χ0v) is 10.1. The van der Waals surface area contributed by atoms with Gasteiger partial charge in [0.15, 0.2) is 0 Å². The van der Waals surface area contributed by atoms with Crippen LogP contribution in [0.4, 0.5) is 5.82 Å². The van der Waals surface area contributed by atoms with E-state index in [1.54, 1.807) is 12.3 Å². The van der Waals surface area contributed by atoms with Crippen molar-refractivity contribution >= 4 is 17.6 Å². The van der Waals surface area contributed by atoms with Crippen molar-refractivity contribution in [1.29, 1.82) is 0 Å². The predicted octanol–water partition coefficient (Wildman–Crippen LogP) is 1.24. The lowest BCUT2D eigenvalue weighted by molar-refractivity contribution is -0.136. The second kappa shape index (κ2) is 6.62. The Morgan fingerprint density at radius 1 is 1.35 bits per heavy atom. The summed E-state index contributed by atoms with van der Waals surface area (Å²) < 4.78 is 0. The number of carbonyl (C=O) groups is 2. The molecule has 5 heteroatoms. The van der Waals surface area contributed by atoms with E-state index in [9.17, 15) is 9.59 Å². The van der Waals surface area contributed by atoms with Gasteiger partial charge in [-0.25, -0.2) is 4.98 Å². The lowest BCUT2D eigenvalue weighted by Gasteiger charge is -2.05. The summed E-state index contributed by atoms with van der Waals surface area (Å²) in [5, 5.41) is 4.99. The van der Waals surface area contributed by atoms with Gasteiger partial charge < -0.3 is 10.6 Å². The van der Waals surface area contributed by atoms with Crippen LogP contribution in [0, 0.1) is 6.92 Å². The molecule has 1 aromatic heterocycles. The first-order chi connectivity index (χ1) is 8.13. The summed E-state index contributed by atoms with van der Waals surface area (Å²) >= 11 is 0. The van der Waals surface area contributed by atoms with Crippen LogP contribution in [-0.2, 0) is 9.59 Å². The number of anilines is 1. The van der Waals surface area contributed by atoms with Gasteiger partial charge in [0.25, 0.3) is 0 Å². The molecule has 0 saturated heterocycles. The summed E-state index contributed by atoms with van der Waals surface area (Å²) in [7, 11) is 0. The standard InChI is InChI=1S/C12H17N3O2/c1-3-4-6-14-11(16)12(17)15-10-8-9(2)5-7-13-10/h5,7-8H,3-4,6H2,1-2H3,(H,14,16)(H,13,15,17). The van der Waals surface area contributed by atoms with Gasteiger partial charge in [0.05, 0.1) is 0 Å². The Labute approximate surface area is 101 Å². The van der Waals surface area contributed by atoms with E-state index in [4.69, 9.17) is 0 Å². The van der Waals surface area contributed by atoms with Gasteiger partial charge in [0, 0.05) is 12.7 Å². The van der Waals surface area contributed by atoms with E-state index in [0.717, 1.165) is 18.4 Å². The fourth-order valence-corrected chi connectivity index (χ4v) is 1.24. The average molecular weight is 235 g/mol. The molecule has 5 nitrogen and oxygen atoms in total. The van der Waals surface area contributed by atoms with Crippen molar-refractivity contribution in [3.05, 3.63) is 23.9 Å². The van der Waals surface area contributed by atoms with E-state index < -0.39 is 11.8 Å². The molecule has 0 bridgehead atoms. The van der Waals surface area contributed by atoms with Crippen molar-refractivity contribution in [3.63, 3.8) is 0 Å². The third-order valence-electron chi connectivity index (χ3n) is 2.18. The third kappa shape index (κ3) is 4.63. The summed E-state index contributed by atoms with van der Waals surface area (Å²) in [4.78, 5) is 26.8. The normalized spacial score (nSPS) is 9.76.